The molecule has 0 radical (unpaired) electrons. The molecule has 0 spiro atoms. The third kappa shape index (κ3) is 2.49. The van der Waals surface area contributed by atoms with Gasteiger partial charge in [0.2, 0.25) is 5.82 Å². The zero-order valence-electron chi connectivity index (χ0n) is 7.87. The fourth-order valence-electron chi connectivity index (χ4n) is 0.912. The number of amides is 1. The lowest BCUT2D eigenvalue weighted by Crippen LogP contribution is -2.30. The fourth-order valence-corrected chi connectivity index (χ4v) is 0.912. The van der Waals surface area contributed by atoms with Crippen LogP contribution in [0.5, 0.6) is 0 Å². The first-order valence-corrected chi connectivity index (χ1v) is 3.86. The number of anilines is 1. The van der Waals surface area contributed by atoms with Gasteiger partial charge >= 0.3 is 18.1 Å². The summed E-state index contributed by atoms with van der Waals surface area (Å²) in [5.41, 5.74) is 0. The molecule has 1 aromatic rings. The number of carbonyl (C=O) groups excluding carboxylic acids is 1. The predicted octanol–water partition coefficient (Wildman–Crippen LogP) is 0.619. The van der Waals surface area contributed by atoms with E-state index in [1.165, 1.54) is 12.4 Å². The van der Waals surface area contributed by atoms with Crippen LogP contribution >= 0.6 is 0 Å². The van der Waals surface area contributed by atoms with Crippen molar-refractivity contribution in [1.29, 1.82) is 0 Å². The van der Waals surface area contributed by atoms with Crippen LogP contribution in [0.3, 0.4) is 0 Å². The van der Waals surface area contributed by atoms with E-state index < -0.39 is 29.7 Å². The number of carbonyl (C=O) groups is 2. The Labute approximate surface area is 86.7 Å². The number of aromatic nitrogens is 2. The summed E-state index contributed by atoms with van der Waals surface area (Å²) in [4.78, 5) is 24.3. The summed E-state index contributed by atoms with van der Waals surface area (Å²) in [5, 5.41) is 9.99. The number of carboxylic acid groups (broad SMARTS) is 1. The zero-order valence-corrected chi connectivity index (χ0v) is 7.87. The monoisotopic (exact) mass is 237 g/mol. The number of nitrogens with one attached hydrogen (secondary N) is 1. The molecule has 0 aliphatic rings. The molecule has 2 N–H and O–H groups in total. The van der Waals surface area contributed by atoms with Gasteiger partial charge in [0.25, 0.3) is 0 Å². The largest absolute Gasteiger partial charge is 0.475 e. The Morgan fingerprint density at radius 1 is 1.50 bits per heavy atom. The van der Waals surface area contributed by atoms with E-state index >= 15 is 0 Å². The molecule has 1 amide bonds. The van der Waals surface area contributed by atoms with Crippen molar-refractivity contribution in [3.8, 4) is 0 Å². The zero-order chi connectivity index (χ0) is 12.5. The molecule has 6 nitrogen and oxygen atoms in total. The van der Waals surface area contributed by atoms with Crippen molar-refractivity contribution < 1.29 is 27.9 Å². The number of nitrogens with zero attached hydrogens (tertiary/aromatic N) is 2. The molecule has 0 unspecified atom stereocenters. The normalized spacial score (nSPS) is 11.2. The standard InChI is InChI=1S/C7H6F3N3O3/c1-13-2-3(11-4(13)5(14)15)12-6(16)7(8,9)10/h2H,1H3,(H,12,16)(H,14,15). The maximum absolute atomic E-state index is 11.8. The van der Waals surface area contributed by atoms with E-state index in [0.717, 1.165) is 10.8 Å². The SMILES string of the molecule is Cn1cc(NC(=O)C(F)(F)F)nc1C(=O)O. The van der Waals surface area contributed by atoms with Gasteiger partial charge < -0.3 is 15.0 Å². The van der Waals surface area contributed by atoms with Gasteiger partial charge in [0.15, 0.2) is 5.82 Å². The Morgan fingerprint density at radius 2 is 2.06 bits per heavy atom. The van der Waals surface area contributed by atoms with Crippen LogP contribution in [0.25, 0.3) is 0 Å². The molecular weight excluding hydrogens is 231 g/mol. The first kappa shape index (κ1) is 12.0. The van der Waals surface area contributed by atoms with Crippen LogP contribution in [0.15, 0.2) is 6.20 Å². The summed E-state index contributed by atoms with van der Waals surface area (Å²) in [6, 6.07) is 0. The Bertz CT molecular complexity index is 438. The maximum Gasteiger partial charge on any atom is 0.471 e. The lowest BCUT2D eigenvalue weighted by Gasteiger charge is -2.04. The number of carboxylic acids is 1. The third-order valence-electron chi connectivity index (χ3n) is 1.57. The van der Waals surface area contributed by atoms with Gasteiger partial charge in [-0.2, -0.15) is 13.2 Å². The van der Waals surface area contributed by atoms with Gasteiger partial charge in [-0.25, -0.2) is 9.78 Å². The van der Waals surface area contributed by atoms with Crippen molar-refractivity contribution in [3.05, 3.63) is 12.0 Å². The average Bonchev–Trinajstić information content (AvgIpc) is 2.45. The Morgan fingerprint density at radius 3 is 2.44 bits per heavy atom. The van der Waals surface area contributed by atoms with Crippen LogP contribution in [0.2, 0.25) is 0 Å². The molecular formula is C7H6F3N3O3. The predicted molar refractivity (Wildman–Crippen MR) is 44.9 cm³/mol. The Hall–Kier alpha value is -2.06. The van der Waals surface area contributed by atoms with E-state index in [4.69, 9.17) is 5.11 Å². The van der Waals surface area contributed by atoms with Crippen molar-refractivity contribution in [1.82, 2.24) is 9.55 Å². The van der Waals surface area contributed by atoms with Crippen LogP contribution < -0.4 is 5.32 Å². The molecule has 0 bridgehead atoms. The second kappa shape index (κ2) is 3.83. The molecule has 1 aromatic heterocycles. The summed E-state index contributed by atoms with van der Waals surface area (Å²) in [6.45, 7) is 0. The van der Waals surface area contributed by atoms with E-state index in [0.29, 0.717) is 0 Å². The number of aryl methyl sites for hydroxylation is 1. The van der Waals surface area contributed by atoms with E-state index in [9.17, 15) is 22.8 Å². The van der Waals surface area contributed by atoms with E-state index in [1.54, 1.807) is 0 Å². The van der Waals surface area contributed by atoms with Crippen molar-refractivity contribution in [2.24, 2.45) is 7.05 Å². The quantitative estimate of drug-likeness (QED) is 0.789. The molecule has 9 heteroatoms. The molecule has 16 heavy (non-hydrogen) atoms. The summed E-state index contributed by atoms with van der Waals surface area (Å²) >= 11 is 0. The fraction of sp³-hybridized carbons (Fsp3) is 0.286. The maximum atomic E-state index is 11.8. The molecule has 88 valence electrons. The number of hydrogen-bond donors (Lipinski definition) is 2. The molecule has 0 saturated carbocycles. The highest BCUT2D eigenvalue weighted by Crippen LogP contribution is 2.17. The lowest BCUT2D eigenvalue weighted by atomic mass is 10.5. The minimum absolute atomic E-state index is 0.470. The molecule has 0 aromatic carbocycles. The molecule has 0 aliphatic heterocycles. The number of imidazole rings is 1. The van der Waals surface area contributed by atoms with Gasteiger partial charge in [-0.1, -0.05) is 0 Å². The highest BCUT2D eigenvalue weighted by Gasteiger charge is 2.39. The second-order valence-corrected chi connectivity index (χ2v) is 2.82. The summed E-state index contributed by atoms with van der Waals surface area (Å²) < 4.78 is 36.5. The first-order chi connectivity index (χ1) is 7.21. The van der Waals surface area contributed by atoms with Gasteiger partial charge in [0, 0.05) is 13.2 Å². The number of rotatable bonds is 2. The van der Waals surface area contributed by atoms with Gasteiger partial charge in [0.05, 0.1) is 0 Å². The van der Waals surface area contributed by atoms with Gasteiger partial charge in [-0.15, -0.1) is 0 Å². The van der Waals surface area contributed by atoms with Gasteiger partial charge in [0.1, 0.15) is 0 Å². The van der Waals surface area contributed by atoms with Crippen LogP contribution in [0.1, 0.15) is 10.6 Å². The topological polar surface area (TPSA) is 84.2 Å². The van der Waals surface area contributed by atoms with Gasteiger partial charge in [-0.3, -0.25) is 4.79 Å². The van der Waals surface area contributed by atoms with Crippen LogP contribution in [-0.4, -0.2) is 32.7 Å². The second-order valence-electron chi connectivity index (χ2n) is 2.82. The Kier molecular flexibility index (Phi) is 2.88. The summed E-state index contributed by atoms with van der Waals surface area (Å²) in [6.07, 6.45) is -4.08. The minimum atomic E-state index is -5.04. The van der Waals surface area contributed by atoms with Gasteiger partial charge in [-0.05, 0) is 0 Å². The van der Waals surface area contributed by atoms with E-state index in [1.807, 2.05) is 0 Å². The number of hydrogen-bond acceptors (Lipinski definition) is 3. The highest BCUT2D eigenvalue weighted by atomic mass is 19.4. The molecule has 0 saturated heterocycles. The number of halogens is 3. The third-order valence-corrected chi connectivity index (χ3v) is 1.57. The minimum Gasteiger partial charge on any atom is -0.475 e. The van der Waals surface area contributed by atoms with Crippen molar-refractivity contribution >= 4 is 17.7 Å². The van der Waals surface area contributed by atoms with Crippen molar-refractivity contribution in [3.63, 3.8) is 0 Å². The number of aromatic carboxylic acids is 1. The van der Waals surface area contributed by atoms with E-state index in [-0.39, 0.29) is 0 Å². The Balaban J connectivity index is 2.88. The molecule has 0 fully saturated rings. The summed E-state index contributed by atoms with van der Waals surface area (Å²) in [5.74, 6) is -4.56. The first-order valence-electron chi connectivity index (χ1n) is 3.86. The lowest BCUT2D eigenvalue weighted by molar-refractivity contribution is -0.167. The molecule has 1 rings (SSSR count). The smallest absolute Gasteiger partial charge is 0.471 e. The van der Waals surface area contributed by atoms with Crippen molar-refractivity contribution in [2.75, 3.05) is 5.32 Å². The van der Waals surface area contributed by atoms with Crippen LogP contribution in [0.4, 0.5) is 19.0 Å². The molecule has 1 heterocycles. The van der Waals surface area contributed by atoms with E-state index in [2.05, 4.69) is 4.98 Å². The highest BCUT2D eigenvalue weighted by molar-refractivity contribution is 5.94. The van der Waals surface area contributed by atoms with Crippen LogP contribution in [0, 0.1) is 0 Å². The molecule has 0 atom stereocenters. The number of alkyl halides is 3. The average molecular weight is 237 g/mol. The van der Waals surface area contributed by atoms with Crippen LogP contribution in [-0.2, 0) is 11.8 Å². The molecule has 0 aliphatic carbocycles. The van der Waals surface area contributed by atoms with Crippen molar-refractivity contribution in [2.45, 2.75) is 6.18 Å². The summed E-state index contributed by atoms with van der Waals surface area (Å²) in [7, 11) is 1.28.